The molecule has 0 aliphatic carbocycles. The number of hydrogen-bond donors (Lipinski definition) is 1. The topological polar surface area (TPSA) is 72.2 Å². The van der Waals surface area contributed by atoms with E-state index in [1.807, 2.05) is 6.92 Å². The molecule has 2 rings (SSSR count). The highest BCUT2D eigenvalue weighted by Gasteiger charge is 2.19. The molecule has 1 unspecified atom stereocenters. The van der Waals surface area contributed by atoms with E-state index in [9.17, 15) is 9.59 Å². The fourth-order valence-corrected chi connectivity index (χ4v) is 2.20. The Morgan fingerprint density at radius 1 is 1.42 bits per heavy atom. The highest BCUT2D eigenvalue weighted by atomic mass is 16.4. The zero-order chi connectivity index (χ0) is 14.2. The summed E-state index contributed by atoms with van der Waals surface area (Å²) in [6, 6.07) is 4.52. The molecule has 1 aromatic heterocycles. The molecule has 0 fully saturated rings. The minimum atomic E-state index is -0.906. The van der Waals surface area contributed by atoms with Gasteiger partial charge >= 0.3 is 5.97 Å². The number of hydrogen-bond acceptors (Lipinski definition) is 3. The van der Waals surface area contributed by atoms with Crippen molar-refractivity contribution >= 4 is 22.8 Å². The van der Waals surface area contributed by atoms with Crippen LogP contribution >= 0.6 is 0 Å². The minimum Gasteiger partial charge on any atom is -0.480 e. The lowest BCUT2D eigenvalue weighted by Crippen LogP contribution is -2.16. The summed E-state index contributed by atoms with van der Waals surface area (Å²) in [6.07, 6.45) is 0.441. The third-order valence-electron chi connectivity index (χ3n) is 3.25. The highest BCUT2D eigenvalue weighted by molar-refractivity contribution is 5.98. The number of fused-ring (bicyclic) bond motifs is 1. The molecule has 0 spiro atoms. The Bertz CT molecular complexity index is 658. The third kappa shape index (κ3) is 2.23. The molecule has 0 radical (unpaired) electrons. The molecule has 0 saturated heterocycles. The number of benzene rings is 1. The van der Waals surface area contributed by atoms with Gasteiger partial charge in [-0.2, -0.15) is 0 Å². The minimum absolute atomic E-state index is 0.0559. The zero-order valence-electron chi connectivity index (χ0n) is 11.2. The van der Waals surface area contributed by atoms with Crippen molar-refractivity contribution in [2.24, 2.45) is 0 Å². The predicted molar refractivity (Wildman–Crippen MR) is 71.4 cm³/mol. The average molecular weight is 260 g/mol. The molecule has 0 saturated carbocycles. The maximum atomic E-state index is 11.7. The Labute approximate surface area is 110 Å². The summed E-state index contributed by atoms with van der Waals surface area (Å²) in [5, 5.41) is 9.12. The quantitative estimate of drug-likeness (QED) is 0.857. The number of carboxylic acid groups (broad SMARTS) is 1. The van der Waals surface area contributed by atoms with Crippen LogP contribution < -0.4 is 0 Å². The molecule has 0 aliphatic heterocycles. The number of aromatic nitrogens is 2. The van der Waals surface area contributed by atoms with Crippen molar-refractivity contribution in [1.29, 1.82) is 0 Å². The van der Waals surface area contributed by atoms with E-state index < -0.39 is 12.0 Å². The number of aryl methyl sites for hydroxylation is 1. The molecule has 100 valence electrons. The number of aliphatic carboxylic acids is 1. The summed E-state index contributed by atoms with van der Waals surface area (Å²) < 4.78 is 1.66. The number of Topliss-reactive ketones (excluding diaryl/α,β-unsaturated/α-hetero) is 1. The Morgan fingerprint density at radius 3 is 2.68 bits per heavy atom. The van der Waals surface area contributed by atoms with Gasteiger partial charge in [0, 0.05) is 12.0 Å². The average Bonchev–Trinajstić information content (AvgIpc) is 2.71. The van der Waals surface area contributed by atoms with Gasteiger partial charge in [0.1, 0.15) is 11.9 Å². The standard InChI is InChI=1S/C14H16N2O3/c1-4-13(17)10-5-6-12-11(7-10)15-9(3)16(12)8(2)14(18)19/h5-8H,4H2,1-3H3,(H,18,19). The lowest BCUT2D eigenvalue weighted by molar-refractivity contribution is -0.140. The molecule has 5 heteroatoms. The zero-order valence-corrected chi connectivity index (χ0v) is 11.2. The van der Waals surface area contributed by atoms with Crippen LogP contribution in [0.25, 0.3) is 11.0 Å². The Balaban J connectivity index is 2.60. The third-order valence-corrected chi connectivity index (χ3v) is 3.25. The summed E-state index contributed by atoms with van der Waals surface area (Å²) in [6.45, 7) is 5.19. The first kappa shape index (κ1) is 13.3. The van der Waals surface area contributed by atoms with Crippen LogP contribution in [0.1, 0.15) is 42.5 Å². The molecule has 0 aliphatic rings. The smallest absolute Gasteiger partial charge is 0.326 e. The van der Waals surface area contributed by atoms with E-state index in [4.69, 9.17) is 5.11 Å². The predicted octanol–water partition coefficient (Wildman–Crippen LogP) is 2.58. The van der Waals surface area contributed by atoms with Crippen LogP contribution in [0.5, 0.6) is 0 Å². The van der Waals surface area contributed by atoms with Crippen LogP contribution in [-0.2, 0) is 4.79 Å². The molecular weight excluding hydrogens is 244 g/mol. The van der Waals surface area contributed by atoms with Crippen LogP contribution in [-0.4, -0.2) is 26.4 Å². The van der Waals surface area contributed by atoms with E-state index in [1.54, 1.807) is 36.6 Å². The molecule has 19 heavy (non-hydrogen) atoms. The maximum absolute atomic E-state index is 11.7. The maximum Gasteiger partial charge on any atom is 0.326 e. The summed E-state index contributed by atoms with van der Waals surface area (Å²) in [5.41, 5.74) is 2.01. The van der Waals surface area contributed by atoms with E-state index in [0.29, 0.717) is 23.3 Å². The highest BCUT2D eigenvalue weighted by Crippen LogP contribution is 2.22. The fraction of sp³-hybridized carbons (Fsp3) is 0.357. The van der Waals surface area contributed by atoms with Gasteiger partial charge in [-0.05, 0) is 32.0 Å². The van der Waals surface area contributed by atoms with Gasteiger partial charge in [-0.15, -0.1) is 0 Å². The molecule has 1 heterocycles. The summed E-state index contributed by atoms with van der Waals surface area (Å²) in [7, 11) is 0. The van der Waals surface area contributed by atoms with Crippen molar-refractivity contribution < 1.29 is 14.7 Å². The first-order chi connectivity index (χ1) is 8.95. The monoisotopic (exact) mass is 260 g/mol. The second-order valence-electron chi connectivity index (χ2n) is 4.52. The van der Waals surface area contributed by atoms with Gasteiger partial charge in [-0.25, -0.2) is 9.78 Å². The number of carboxylic acids is 1. The van der Waals surface area contributed by atoms with E-state index in [1.165, 1.54) is 0 Å². The lowest BCUT2D eigenvalue weighted by Gasteiger charge is -2.11. The molecular formula is C14H16N2O3. The van der Waals surface area contributed by atoms with Crippen molar-refractivity contribution in [2.75, 3.05) is 0 Å². The van der Waals surface area contributed by atoms with Gasteiger partial charge in [-0.1, -0.05) is 6.92 Å². The summed E-state index contributed by atoms with van der Waals surface area (Å²) in [5.74, 6) is -0.220. The Morgan fingerprint density at radius 2 is 2.11 bits per heavy atom. The van der Waals surface area contributed by atoms with Gasteiger partial charge in [-0.3, -0.25) is 4.79 Å². The van der Waals surface area contributed by atoms with E-state index >= 15 is 0 Å². The van der Waals surface area contributed by atoms with Crippen molar-refractivity contribution in [2.45, 2.75) is 33.2 Å². The van der Waals surface area contributed by atoms with Crippen LogP contribution in [0.3, 0.4) is 0 Å². The number of imidazole rings is 1. The first-order valence-electron chi connectivity index (χ1n) is 6.20. The molecule has 0 bridgehead atoms. The van der Waals surface area contributed by atoms with Crippen molar-refractivity contribution in [3.63, 3.8) is 0 Å². The largest absolute Gasteiger partial charge is 0.480 e. The van der Waals surface area contributed by atoms with E-state index in [-0.39, 0.29) is 5.78 Å². The second kappa shape index (κ2) is 4.84. The number of nitrogens with zero attached hydrogens (tertiary/aromatic N) is 2. The second-order valence-corrected chi connectivity index (χ2v) is 4.52. The van der Waals surface area contributed by atoms with Crippen molar-refractivity contribution in [1.82, 2.24) is 9.55 Å². The SMILES string of the molecule is CCC(=O)c1ccc2c(c1)nc(C)n2C(C)C(=O)O. The van der Waals surface area contributed by atoms with Gasteiger partial charge in [0.25, 0.3) is 0 Å². The first-order valence-corrected chi connectivity index (χ1v) is 6.20. The molecule has 1 aromatic carbocycles. The number of ketones is 1. The number of carbonyl (C=O) groups is 2. The molecule has 1 N–H and O–H groups in total. The molecule has 2 aromatic rings. The van der Waals surface area contributed by atoms with Gasteiger partial charge in [0.05, 0.1) is 11.0 Å². The van der Waals surface area contributed by atoms with Crippen molar-refractivity contribution in [3.05, 3.63) is 29.6 Å². The van der Waals surface area contributed by atoms with E-state index in [2.05, 4.69) is 4.98 Å². The number of rotatable bonds is 4. The lowest BCUT2D eigenvalue weighted by atomic mass is 10.1. The van der Waals surface area contributed by atoms with Crippen molar-refractivity contribution in [3.8, 4) is 0 Å². The van der Waals surface area contributed by atoms with Gasteiger partial charge < -0.3 is 9.67 Å². The fourth-order valence-electron chi connectivity index (χ4n) is 2.20. The molecule has 5 nitrogen and oxygen atoms in total. The van der Waals surface area contributed by atoms with Crippen LogP contribution in [0.15, 0.2) is 18.2 Å². The number of carbonyl (C=O) groups excluding carboxylic acids is 1. The van der Waals surface area contributed by atoms with E-state index in [0.717, 1.165) is 5.52 Å². The summed E-state index contributed by atoms with van der Waals surface area (Å²) >= 11 is 0. The summed E-state index contributed by atoms with van der Waals surface area (Å²) in [4.78, 5) is 27.1. The van der Waals surface area contributed by atoms with Gasteiger partial charge in [0.15, 0.2) is 5.78 Å². The molecule has 1 atom stereocenters. The van der Waals surface area contributed by atoms with Crippen LogP contribution in [0.2, 0.25) is 0 Å². The molecule has 0 amide bonds. The Hall–Kier alpha value is -2.17. The Kier molecular flexibility index (Phi) is 3.38. The normalized spacial score (nSPS) is 12.6. The van der Waals surface area contributed by atoms with Crippen LogP contribution in [0, 0.1) is 6.92 Å². The van der Waals surface area contributed by atoms with Crippen LogP contribution in [0.4, 0.5) is 0 Å². The van der Waals surface area contributed by atoms with Gasteiger partial charge in [0.2, 0.25) is 0 Å².